The highest BCUT2D eigenvalue weighted by Crippen LogP contribution is 2.32. The summed E-state index contributed by atoms with van der Waals surface area (Å²) in [5, 5.41) is 0.515. The van der Waals surface area contributed by atoms with Crippen molar-refractivity contribution in [3.8, 4) is 0 Å². The molecule has 3 heteroatoms. The van der Waals surface area contributed by atoms with Gasteiger partial charge in [-0.15, -0.1) is 0 Å². The Kier molecular flexibility index (Phi) is 4.10. The van der Waals surface area contributed by atoms with E-state index in [0.717, 1.165) is 4.90 Å². The van der Waals surface area contributed by atoms with E-state index in [1.54, 1.807) is 17.8 Å². The van der Waals surface area contributed by atoms with Gasteiger partial charge in [0.1, 0.15) is 0 Å². The molecule has 0 saturated heterocycles. The fourth-order valence-corrected chi connectivity index (χ4v) is 2.96. The second kappa shape index (κ2) is 5.59. The lowest BCUT2D eigenvalue weighted by atomic mass is 10.1. The Morgan fingerprint density at radius 2 is 1.89 bits per heavy atom. The van der Waals surface area contributed by atoms with E-state index in [1.807, 2.05) is 24.3 Å². The van der Waals surface area contributed by atoms with Crippen molar-refractivity contribution in [2.45, 2.75) is 23.6 Å². The zero-order valence-corrected chi connectivity index (χ0v) is 11.8. The first kappa shape index (κ1) is 13.2. The molecule has 0 amide bonds. The molecule has 2 aromatic rings. The molecule has 0 unspecified atom stereocenters. The first-order chi connectivity index (χ1) is 8.58. The van der Waals surface area contributed by atoms with E-state index in [9.17, 15) is 4.79 Å². The number of carbonyl (C=O) groups is 1. The maximum Gasteiger partial charge on any atom is 0.161 e. The maximum atomic E-state index is 11.3. The minimum absolute atomic E-state index is 0.00700. The summed E-state index contributed by atoms with van der Waals surface area (Å²) >= 11 is 7.75. The van der Waals surface area contributed by atoms with Gasteiger partial charge in [0.25, 0.3) is 0 Å². The van der Waals surface area contributed by atoms with Gasteiger partial charge in [-0.05, 0) is 43.7 Å². The number of Topliss-reactive ketones (excluding diaryl/α,β-unsaturated/α-hetero) is 1. The molecule has 1 nitrogen and oxygen atoms in total. The van der Waals surface area contributed by atoms with Gasteiger partial charge >= 0.3 is 0 Å². The van der Waals surface area contributed by atoms with Crippen LogP contribution >= 0.6 is 23.4 Å². The average molecular weight is 277 g/mol. The first-order valence-corrected chi connectivity index (χ1v) is 6.81. The quantitative estimate of drug-likeness (QED) is 0.734. The van der Waals surface area contributed by atoms with E-state index in [-0.39, 0.29) is 5.78 Å². The predicted molar refractivity (Wildman–Crippen MR) is 76.8 cm³/mol. The minimum Gasteiger partial charge on any atom is -0.294 e. The highest BCUT2D eigenvalue weighted by atomic mass is 35.5. The summed E-state index contributed by atoms with van der Waals surface area (Å²) in [5.74, 6) is -0.00700. The van der Waals surface area contributed by atoms with Crippen molar-refractivity contribution in [1.29, 1.82) is 0 Å². The molecule has 0 fully saturated rings. The van der Waals surface area contributed by atoms with Crippen LogP contribution in [0.4, 0.5) is 0 Å². The molecule has 0 N–H and O–H groups in total. The molecule has 0 saturated carbocycles. The predicted octanol–water partition coefficient (Wildman–Crippen LogP) is 5.00. The molecule has 18 heavy (non-hydrogen) atoms. The van der Waals surface area contributed by atoms with Gasteiger partial charge < -0.3 is 0 Å². The second-order valence-corrected chi connectivity index (χ2v) is 5.59. The van der Waals surface area contributed by atoms with Crippen molar-refractivity contribution in [3.63, 3.8) is 0 Å². The van der Waals surface area contributed by atoms with Crippen LogP contribution in [-0.4, -0.2) is 5.78 Å². The smallest absolute Gasteiger partial charge is 0.161 e. The van der Waals surface area contributed by atoms with E-state index in [0.29, 0.717) is 10.6 Å². The Balaban J connectivity index is 2.29. The molecule has 0 aliphatic rings. The van der Waals surface area contributed by atoms with E-state index in [1.165, 1.54) is 17.4 Å². The highest BCUT2D eigenvalue weighted by Gasteiger charge is 2.07. The number of rotatable bonds is 3. The van der Waals surface area contributed by atoms with Crippen LogP contribution in [0.25, 0.3) is 0 Å². The van der Waals surface area contributed by atoms with E-state index >= 15 is 0 Å². The Bertz CT molecular complexity index is 593. The number of aryl methyl sites for hydroxylation is 1. The lowest BCUT2D eigenvalue weighted by Gasteiger charge is -2.07. The van der Waals surface area contributed by atoms with E-state index in [2.05, 4.69) is 19.1 Å². The van der Waals surface area contributed by atoms with Crippen LogP contribution in [0, 0.1) is 6.92 Å². The third-order valence-corrected chi connectivity index (χ3v) is 4.12. The molecule has 2 aromatic carbocycles. The summed E-state index contributed by atoms with van der Waals surface area (Å²) in [6.07, 6.45) is 0. The Hall–Kier alpha value is -1.25. The monoisotopic (exact) mass is 276 g/mol. The largest absolute Gasteiger partial charge is 0.294 e. The number of hydrogen-bond donors (Lipinski definition) is 0. The molecule has 0 aliphatic heterocycles. The van der Waals surface area contributed by atoms with Crippen molar-refractivity contribution in [3.05, 3.63) is 58.6 Å². The molecule has 2 rings (SSSR count). The summed E-state index contributed by atoms with van der Waals surface area (Å²) in [6, 6.07) is 13.7. The SMILES string of the molecule is CC(=O)c1ccc(Sc2ccccc2C)cc1Cl. The van der Waals surface area contributed by atoms with Gasteiger partial charge in [0, 0.05) is 15.4 Å². The van der Waals surface area contributed by atoms with Gasteiger partial charge in [-0.2, -0.15) is 0 Å². The third kappa shape index (κ3) is 2.95. The van der Waals surface area contributed by atoms with Crippen molar-refractivity contribution in [1.82, 2.24) is 0 Å². The highest BCUT2D eigenvalue weighted by molar-refractivity contribution is 7.99. The van der Waals surface area contributed by atoms with Crippen LogP contribution in [0.1, 0.15) is 22.8 Å². The minimum atomic E-state index is -0.00700. The zero-order chi connectivity index (χ0) is 13.1. The molecule has 0 bridgehead atoms. The summed E-state index contributed by atoms with van der Waals surface area (Å²) in [6.45, 7) is 3.60. The molecule has 0 spiro atoms. The van der Waals surface area contributed by atoms with Crippen molar-refractivity contribution < 1.29 is 4.79 Å². The maximum absolute atomic E-state index is 11.3. The molecule has 92 valence electrons. The number of hydrogen-bond acceptors (Lipinski definition) is 2. The summed E-state index contributed by atoms with van der Waals surface area (Å²) in [5.41, 5.74) is 1.81. The number of carbonyl (C=O) groups excluding carboxylic acids is 1. The van der Waals surface area contributed by atoms with Crippen LogP contribution in [0.3, 0.4) is 0 Å². The summed E-state index contributed by atoms with van der Waals surface area (Å²) < 4.78 is 0. The summed E-state index contributed by atoms with van der Waals surface area (Å²) in [4.78, 5) is 13.5. The number of ketones is 1. The molecule has 0 radical (unpaired) electrons. The lowest BCUT2D eigenvalue weighted by Crippen LogP contribution is -1.92. The van der Waals surface area contributed by atoms with Crippen LogP contribution < -0.4 is 0 Å². The zero-order valence-electron chi connectivity index (χ0n) is 10.2. The van der Waals surface area contributed by atoms with Crippen molar-refractivity contribution >= 4 is 29.1 Å². The summed E-state index contributed by atoms with van der Waals surface area (Å²) in [7, 11) is 0. The Morgan fingerprint density at radius 3 is 2.50 bits per heavy atom. The fraction of sp³-hybridized carbons (Fsp3) is 0.133. The molecular weight excluding hydrogens is 264 g/mol. The van der Waals surface area contributed by atoms with Crippen molar-refractivity contribution in [2.24, 2.45) is 0 Å². The average Bonchev–Trinajstić information content (AvgIpc) is 2.32. The van der Waals surface area contributed by atoms with Crippen LogP contribution in [0.5, 0.6) is 0 Å². The normalized spacial score (nSPS) is 10.4. The van der Waals surface area contributed by atoms with Crippen molar-refractivity contribution in [2.75, 3.05) is 0 Å². The van der Waals surface area contributed by atoms with Gasteiger partial charge in [-0.3, -0.25) is 4.79 Å². The van der Waals surface area contributed by atoms with Gasteiger partial charge in [0.05, 0.1) is 5.02 Å². The standard InChI is InChI=1S/C15H13ClOS/c1-10-5-3-4-6-15(10)18-12-7-8-13(11(2)17)14(16)9-12/h3-9H,1-2H3. The fourth-order valence-electron chi connectivity index (χ4n) is 1.64. The van der Waals surface area contributed by atoms with E-state index in [4.69, 9.17) is 11.6 Å². The van der Waals surface area contributed by atoms with Crippen LogP contribution in [0.2, 0.25) is 5.02 Å². The number of halogens is 1. The first-order valence-electron chi connectivity index (χ1n) is 5.62. The van der Waals surface area contributed by atoms with Crippen LogP contribution in [-0.2, 0) is 0 Å². The van der Waals surface area contributed by atoms with E-state index < -0.39 is 0 Å². The molecule has 0 aromatic heterocycles. The van der Waals surface area contributed by atoms with Crippen LogP contribution in [0.15, 0.2) is 52.3 Å². The molecule has 0 aliphatic carbocycles. The van der Waals surface area contributed by atoms with Gasteiger partial charge in [-0.1, -0.05) is 41.6 Å². The molecule has 0 atom stereocenters. The second-order valence-electron chi connectivity index (χ2n) is 4.07. The molecular formula is C15H13ClOS. The van der Waals surface area contributed by atoms with Gasteiger partial charge in [0.15, 0.2) is 5.78 Å². The Labute approximate surface area is 116 Å². The van der Waals surface area contributed by atoms with Gasteiger partial charge in [0.2, 0.25) is 0 Å². The Morgan fingerprint density at radius 1 is 1.17 bits per heavy atom. The molecule has 0 heterocycles. The number of benzene rings is 2. The topological polar surface area (TPSA) is 17.1 Å². The third-order valence-electron chi connectivity index (χ3n) is 2.64. The lowest BCUT2D eigenvalue weighted by molar-refractivity contribution is 0.101. The van der Waals surface area contributed by atoms with Gasteiger partial charge in [-0.25, -0.2) is 0 Å².